The van der Waals surface area contributed by atoms with E-state index in [0.29, 0.717) is 18.2 Å². The summed E-state index contributed by atoms with van der Waals surface area (Å²) in [5.41, 5.74) is 1.54. The molecule has 0 bridgehead atoms. The second-order valence-corrected chi connectivity index (χ2v) is 5.93. The quantitative estimate of drug-likeness (QED) is 0.246. The second-order valence-electron chi connectivity index (χ2n) is 5.93. The maximum atomic E-state index is 14.3. The predicted octanol–water partition coefficient (Wildman–Crippen LogP) is 3.24. The monoisotopic (exact) mass is 488 g/mol. The zero-order valence-corrected chi connectivity index (χ0v) is 18.6. The molecule has 8 heteroatoms. The molecule has 2 aromatic rings. The van der Waals surface area contributed by atoms with E-state index in [-0.39, 0.29) is 29.8 Å². The lowest BCUT2D eigenvalue weighted by Gasteiger charge is -2.22. The van der Waals surface area contributed by atoms with Gasteiger partial charge in [0.25, 0.3) is 0 Å². The number of benzene rings is 1. The number of anilines is 1. The number of guanidine groups is 1. The number of aryl methyl sites for hydroxylation is 1. The highest BCUT2D eigenvalue weighted by Crippen LogP contribution is 2.20. The van der Waals surface area contributed by atoms with E-state index in [1.54, 1.807) is 19.3 Å². The zero-order chi connectivity index (χ0) is 18.8. The van der Waals surface area contributed by atoms with Gasteiger partial charge in [0.1, 0.15) is 5.82 Å². The number of rotatable bonds is 9. The van der Waals surface area contributed by atoms with Gasteiger partial charge in [0.2, 0.25) is 0 Å². The number of aliphatic imine (C=N–C) groups is 1. The number of halogens is 2. The van der Waals surface area contributed by atoms with Crippen molar-refractivity contribution in [3.05, 3.63) is 48.0 Å². The number of hydrogen-bond donors (Lipinski definition) is 2. The highest BCUT2D eigenvalue weighted by molar-refractivity contribution is 14.0. The normalized spacial score (nSPS) is 11.0. The largest absolute Gasteiger partial charge is 0.370 e. The standard InChI is InChI=1S/C19H29FN6.HI/c1-4-25(5-2)18-9-8-16(14-17(18)20)15-23-19(21-3)22-10-6-12-26-13-7-11-24-26;/h7-9,11,13-14H,4-6,10,12,15H2,1-3H3,(H2,21,22,23);1H. The number of nitrogens with zero attached hydrogens (tertiary/aromatic N) is 4. The molecule has 0 saturated carbocycles. The summed E-state index contributed by atoms with van der Waals surface area (Å²) in [6, 6.07) is 7.30. The summed E-state index contributed by atoms with van der Waals surface area (Å²) in [5.74, 6) is 0.522. The summed E-state index contributed by atoms with van der Waals surface area (Å²) in [5, 5.41) is 10.7. The zero-order valence-electron chi connectivity index (χ0n) is 16.3. The van der Waals surface area contributed by atoms with Crippen molar-refractivity contribution in [2.45, 2.75) is 33.4 Å². The van der Waals surface area contributed by atoms with Crippen LogP contribution >= 0.6 is 24.0 Å². The molecule has 1 heterocycles. The number of nitrogens with one attached hydrogen (secondary N) is 2. The maximum Gasteiger partial charge on any atom is 0.191 e. The lowest BCUT2D eigenvalue weighted by Crippen LogP contribution is -2.37. The van der Waals surface area contributed by atoms with Crippen LogP contribution in [-0.2, 0) is 13.1 Å². The third-order valence-corrected chi connectivity index (χ3v) is 4.22. The smallest absolute Gasteiger partial charge is 0.191 e. The van der Waals surface area contributed by atoms with Crippen LogP contribution in [0.5, 0.6) is 0 Å². The van der Waals surface area contributed by atoms with Gasteiger partial charge >= 0.3 is 0 Å². The molecular weight excluding hydrogens is 458 g/mol. The fourth-order valence-corrected chi connectivity index (χ4v) is 2.77. The summed E-state index contributed by atoms with van der Waals surface area (Å²) >= 11 is 0. The van der Waals surface area contributed by atoms with Crippen molar-refractivity contribution in [3.63, 3.8) is 0 Å². The Bertz CT molecular complexity index is 686. The summed E-state index contributed by atoms with van der Waals surface area (Å²) in [6.07, 6.45) is 4.66. The predicted molar refractivity (Wildman–Crippen MR) is 120 cm³/mol. The van der Waals surface area contributed by atoms with E-state index in [4.69, 9.17) is 0 Å². The Kier molecular flexibility index (Phi) is 10.8. The van der Waals surface area contributed by atoms with Crippen LogP contribution in [0.25, 0.3) is 0 Å². The summed E-state index contributed by atoms with van der Waals surface area (Å²) < 4.78 is 16.2. The van der Waals surface area contributed by atoms with Crippen molar-refractivity contribution in [2.75, 3.05) is 31.6 Å². The Labute approximate surface area is 178 Å². The fourth-order valence-electron chi connectivity index (χ4n) is 2.77. The highest BCUT2D eigenvalue weighted by atomic mass is 127. The molecule has 0 fully saturated rings. The fraction of sp³-hybridized carbons (Fsp3) is 0.474. The Morgan fingerprint density at radius 3 is 2.63 bits per heavy atom. The van der Waals surface area contributed by atoms with Crippen molar-refractivity contribution in [2.24, 2.45) is 4.99 Å². The summed E-state index contributed by atoms with van der Waals surface area (Å²) in [6.45, 7) is 7.80. The van der Waals surface area contributed by atoms with E-state index in [9.17, 15) is 4.39 Å². The molecule has 0 aliphatic rings. The molecule has 1 aromatic heterocycles. The first-order valence-corrected chi connectivity index (χ1v) is 9.13. The van der Waals surface area contributed by atoms with Crippen LogP contribution in [-0.4, -0.2) is 42.4 Å². The van der Waals surface area contributed by atoms with E-state index >= 15 is 0 Å². The molecule has 0 unspecified atom stereocenters. The van der Waals surface area contributed by atoms with Crippen LogP contribution in [0.1, 0.15) is 25.8 Å². The molecule has 6 nitrogen and oxygen atoms in total. The minimum Gasteiger partial charge on any atom is -0.370 e. The van der Waals surface area contributed by atoms with Crippen LogP contribution < -0.4 is 15.5 Å². The molecule has 0 aliphatic carbocycles. The van der Waals surface area contributed by atoms with Gasteiger partial charge in [-0.25, -0.2) is 4.39 Å². The van der Waals surface area contributed by atoms with Crippen LogP contribution in [0.15, 0.2) is 41.7 Å². The topological polar surface area (TPSA) is 57.5 Å². The molecule has 0 spiro atoms. The average Bonchev–Trinajstić information content (AvgIpc) is 3.17. The first-order valence-electron chi connectivity index (χ1n) is 9.13. The lowest BCUT2D eigenvalue weighted by molar-refractivity contribution is 0.570. The molecule has 0 saturated heterocycles. The molecule has 150 valence electrons. The molecule has 0 radical (unpaired) electrons. The minimum absolute atomic E-state index is 0. The van der Waals surface area contributed by atoms with E-state index in [1.807, 2.05) is 47.8 Å². The molecular formula is C19H30FIN6. The summed E-state index contributed by atoms with van der Waals surface area (Å²) in [7, 11) is 1.73. The first-order chi connectivity index (χ1) is 12.7. The van der Waals surface area contributed by atoms with Gasteiger partial charge in [-0.1, -0.05) is 6.07 Å². The molecule has 2 N–H and O–H groups in total. The summed E-state index contributed by atoms with van der Waals surface area (Å²) in [4.78, 5) is 6.21. The van der Waals surface area contributed by atoms with Crippen molar-refractivity contribution >= 4 is 35.6 Å². The van der Waals surface area contributed by atoms with Gasteiger partial charge in [-0.2, -0.15) is 5.10 Å². The van der Waals surface area contributed by atoms with E-state index in [1.165, 1.54) is 0 Å². The molecule has 0 amide bonds. The van der Waals surface area contributed by atoms with Crippen LogP contribution in [0, 0.1) is 5.82 Å². The highest BCUT2D eigenvalue weighted by Gasteiger charge is 2.09. The molecule has 27 heavy (non-hydrogen) atoms. The van der Waals surface area contributed by atoms with E-state index < -0.39 is 0 Å². The third kappa shape index (κ3) is 7.36. The van der Waals surface area contributed by atoms with Crippen molar-refractivity contribution in [3.8, 4) is 0 Å². The van der Waals surface area contributed by atoms with Crippen molar-refractivity contribution in [1.29, 1.82) is 0 Å². The van der Waals surface area contributed by atoms with Gasteiger partial charge in [0.15, 0.2) is 5.96 Å². The third-order valence-electron chi connectivity index (χ3n) is 4.22. The Hall–Kier alpha value is -1.84. The second kappa shape index (κ2) is 12.5. The lowest BCUT2D eigenvalue weighted by atomic mass is 10.2. The van der Waals surface area contributed by atoms with Gasteiger partial charge in [-0.05, 0) is 44.0 Å². The average molecular weight is 488 g/mol. The van der Waals surface area contributed by atoms with Gasteiger partial charge in [-0.15, -0.1) is 24.0 Å². The van der Waals surface area contributed by atoms with Crippen LogP contribution in [0.3, 0.4) is 0 Å². The number of aromatic nitrogens is 2. The van der Waals surface area contributed by atoms with Crippen molar-refractivity contribution < 1.29 is 4.39 Å². The Morgan fingerprint density at radius 2 is 2.04 bits per heavy atom. The maximum absolute atomic E-state index is 14.3. The van der Waals surface area contributed by atoms with Crippen molar-refractivity contribution in [1.82, 2.24) is 20.4 Å². The molecule has 0 aliphatic heterocycles. The molecule has 1 aromatic carbocycles. The van der Waals surface area contributed by atoms with Gasteiger partial charge in [-0.3, -0.25) is 9.67 Å². The van der Waals surface area contributed by atoms with E-state index in [0.717, 1.165) is 38.2 Å². The Balaban J connectivity index is 0.00000364. The van der Waals surface area contributed by atoms with Gasteiger partial charge in [0.05, 0.1) is 5.69 Å². The van der Waals surface area contributed by atoms with Gasteiger partial charge in [0, 0.05) is 52.2 Å². The minimum atomic E-state index is -0.185. The van der Waals surface area contributed by atoms with Crippen LogP contribution in [0.2, 0.25) is 0 Å². The number of hydrogen-bond acceptors (Lipinski definition) is 3. The first kappa shape index (κ1) is 23.2. The van der Waals surface area contributed by atoms with Crippen LogP contribution in [0.4, 0.5) is 10.1 Å². The molecule has 0 atom stereocenters. The molecule has 2 rings (SSSR count). The van der Waals surface area contributed by atoms with Gasteiger partial charge < -0.3 is 15.5 Å². The SMILES string of the molecule is CCN(CC)c1ccc(CNC(=NC)NCCCn2cccn2)cc1F.I. The Morgan fingerprint density at radius 1 is 1.26 bits per heavy atom. The van der Waals surface area contributed by atoms with E-state index in [2.05, 4.69) is 20.7 Å².